The molecule has 0 N–H and O–H groups in total. The van der Waals surface area contributed by atoms with E-state index in [1.807, 2.05) is 18.2 Å². The lowest BCUT2D eigenvalue weighted by atomic mass is 10.1. The molecule has 9 heteroatoms. The number of sulfone groups is 1. The summed E-state index contributed by atoms with van der Waals surface area (Å²) in [6.07, 6.45) is 1.98. The number of hydrogen-bond acceptors (Lipinski definition) is 5. The summed E-state index contributed by atoms with van der Waals surface area (Å²) >= 11 is 6.03. The van der Waals surface area contributed by atoms with Crippen molar-refractivity contribution < 1.29 is 21.3 Å². The topological polar surface area (TPSA) is 84.7 Å². The second-order valence-corrected chi connectivity index (χ2v) is 12.2. The van der Waals surface area contributed by atoms with Gasteiger partial charge in [-0.1, -0.05) is 35.9 Å². The Morgan fingerprint density at radius 1 is 0.903 bits per heavy atom. The van der Waals surface area contributed by atoms with Crippen LogP contribution in [-0.4, -0.2) is 39.5 Å². The Morgan fingerprint density at radius 2 is 1.61 bits per heavy atom. The SMILES string of the molecule is O=S(=O)(Cc1ccco1)C1CCN(S(=O)(=O)c2ccc(-c3cccc(Cl)c3)cc2)CC1. The summed E-state index contributed by atoms with van der Waals surface area (Å²) in [7, 11) is -7.10. The normalized spacial score (nSPS) is 16.4. The van der Waals surface area contributed by atoms with E-state index >= 15 is 0 Å². The fraction of sp³-hybridized carbons (Fsp3) is 0.273. The molecule has 1 aliphatic heterocycles. The van der Waals surface area contributed by atoms with Gasteiger partial charge in [0.2, 0.25) is 10.0 Å². The fourth-order valence-electron chi connectivity index (χ4n) is 3.78. The Labute approximate surface area is 187 Å². The molecule has 4 rings (SSSR count). The Balaban J connectivity index is 1.44. The van der Waals surface area contributed by atoms with E-state index in [2.05, 4.69) is 0 Å². The Kier molecular flexibility index (Phi) is 6.25. The quantitative estimate of drug-likeness (QED) is 0.524. The average molecular weight is 480 g/mol. The molecule has 1 saturated heterocycles. The highest BCUT2D eigenvalue weighted by Crippen LogP contribution is 2.28. The maximum Gasteiger partial charge on any atom is 0.243 e. The molecule has 1 aromatic heterocycles. The molecule has 164 valence electrons. The lowest BCUT2D eigenvalue weighted by Gasteiger charge is -2.30. The van der Waals surface area contributed by atoms with Crippen molar-refractivity contribution >= 4 is 31.5 Å². The molecule has 0 bridgehead atoms. The van der Waals surface area contributed by atoms with Crippen LogP contribution in [-0.2, 0) is 25.6 Å². The molecular formula is C22H22ClNO5S2. The highest BCUT2D eigenvalue weighted by molar-refractivity contribution is 7.91. The van der Waals surface area contributed by atoms with Crippen LogP contribution in [0.25, 0.3) is 11.1 Å². The summed E-state index contributed by atoms with van der Waals surface area (Å²) in [6.45, 7) is 0.334. The van der Waals surface area contributed by atoms with E-state index in [-0.39, 0.29) is 36.6 Å². The molecule has 2 heterocycles. The van der Waals surface area contributed by atoms with Crippen LogP contribution in [0.15, 0.2) is 76.2 Å². The first-order valence-electron chi connectivity index (χ1n) is 9.86. The number of piperidine rings is 1. The number of rotatable bonds is 6. The zero-order chi connectivity index (χ0) is 22.1. The molecule has 3 aromatic rings. The molecule has 0 unspecified atom stereocenters. The Bertz CT molecular complexity index is 1250. The number of hydrogen-bond donors (Lipinski definition) is 0. The molecule has 0 spiro atoms. The molecule has 31 heavy (non-hydrogen) atoms. The first-order valence-corrected chi connectivity index (χ1v) is 13.4. The van der Waals surface area contributed by atoms with Gasteiger partial charge in [-0.15, -0.1) is 0 Å². The van der Waals surface area contributed by atoms with Gasteiger partial charge < -0.3 is 4.42 Å². The minimum absolute atomic E-state index is 0.164. The van der Waals surface area contributed by atoms with E-state index in [9.17, 15) is 16.8 Å². The third kappa shape index (κ3) is 4.87. The summed E-state index contributed by atoms with van der Waals surface area (Å²) in [4.78, 5) is 0.190. The standard InChI is InChI=1S/C22H22ClNO5S2/c23-19-4-1-3-18(15-19)17-6-8-22(9-7-17)31(27,28)24-12-10-21(11-13-24)30(25,26)16-20-5-2-14-29-20/h1-9,14-15,21H,10-13,16H2. The Morgan fingerprint density at radius 3 is 2.23 bits per heavy atom. The molecule has 6 nitrogen and oxygen atoms in total. The largest absolute Gasteiger partial charge is 0.468 e. The van der Waals surface area contributed by atoms with Crippen molar-refractivity contribution in [2.75, 3.05) is 13.1 Å². The third-order valence-electron chi connectivity index (χ3n) is 5.48. The highest BCUT2D eigenvalue weighted by atomic mass is 35.5. The van der Waals surface area contributed by atoms with E-state index in [1.165, 1.54) is 10.6 Å². The molecule has 0 amide bonds. The second kappa shape index (κ2) is 8.78. The molecule has 1 fully saturated rings. The summed E-state index contributed by atoms with van der Waals surface area (Å²) in [5.74, 6) is 0.234. The van der Waals surface area contributed by atoms with Crippen LogP contribution in [0, 0.1) is 0 Å². The van der Waals surface area contributed by atoms with Crippen molar-refractivity contribution in [2.24, 2.45) is 0 Å². The van der Waals surface area contributed by atoms with Crippen molar-refractivity contribution in [1.29, 1.82) is 0 Å². The zero-order valence-corrected chi connectivity index (χ0v) is 19.0. The van der Waals surface area contributed by atoms with Gasteiger partial charge in [0, 0.05) is 18.1 Å². The number of nitrogens with zero attached hydrogens (tertiary/aromatic N) is 1. The monoisotopic (exact) mass is 479 g/mol. The second-order valence-electron chi connectivity index (χ2n) is 7.52. The van der Waals surface area contributed by atoms with E-state index < -0.39 is 25.1 Å². The van der Waals surface area contributed by atoms with Crippen molar-refractivity contribution in [3.8, 4) is 11.1 Å². The number of sulfonamides is 1. The van der Waals surface area contributed by atoms with Crippen LogP contribution in [0.4, 0.5) is 0 Å². The predicted octanol–water partition coefficient (Wildman–Crippen LogP) is 4.37. The van der Waals surface area contributed by atoms with Gasteiger partial charge in [-0.2, -0.15) is 4.31 Å². The lowest BCUT2D eigenvalue weighted by Crippen LogP contribution is -2.42. The Hall–Kier alpha value is -2.13. The van der Waals surface area contributed by atoms with E-state index in [0.717, 1.165) is 11.1 Å². The van der Waals surface area contributed by atoms with Crippen LogP contribution in [0.5, 0.6) is 0 Å². The van der Waals surface area contributed by atoms with Crippen LogP contribution >= 0.6 is 11.6 Å². The first kappa shape index (κ1) is 22.1. The van der Waals surface area contributed by atoms with Gasteiger partial charge in [-0.3, -0.25) is 0 Å². The fourth-order valence-corrected chi connectivity index (χ4v) is 7.16. The van der Waals surface area contributed by atoms with Crippen LogP contribution in [0.2, 0.25) is 5.02 Å². The van der Waals surface area contributed by atoms with Crippen LogP contribution in [0.1, 0.15) is 18.6 Å². The first-order chi connectivity index (χ1) is 14.8. The third-order valence-corrected chi connectivity index (χ3v) is 9.80. The van der Waals surface area contributed by atoms with Crippen molar-refractivity contribution in [3.05, 3.63) is 77.7 Å². The van der Waals surface area contributed by atoms with Gasteiger partial charge in [-0.25, -0.2) is 16.8 Å². The highest BCUT2D eigenvalue weighted by Gasteiger charge is 2.35. The van der Waals surface area contributed by atoms with Gasteiger partial charge >= 0.3 is 0 Å². The smallest absolute Gasteiger partial charge is 0.243 e. The van der Waals surface area contributed by atoms with Crippen LogP contribution < -0.4 is 0 Å². The lowest BCUT2D eigenvalue weighted by molar-refractivity contribution is 0.345. The molecule has 0 aliphatic carbocycles. The molecule has 0 atom stereocenters. The number of benzene rings is 2. The molecule has 1 aliphatic rings. The minimum atomic E-state index is -3.69. The molecule has 0 radical (unpaired) electrons. The van der Waals surface area contributed by atoms with Gasteiger partial charge in [0.1, 0.15) is 11.5 Å². The van der Waals surface area contributed by atoms with Gasteiger partial charge in [-0.05, 0) is 60.4 Å². The zero-order valence-electron chi connectivity index (χ0n) is 16.6. The van der Waals surface area contributed by atoms with Crippen molar-refractivity contribution in [1.82, 2.24) is 4.31 Å². The van der Waals surface area contributed by atoms with E-state index in [1.54, 1.807) is 42.5 Å². The predicted molar refractivity (Wildman–Crippen MR) is 120 cm³/mol. The van der Waals surface area contributed by atoms with Gasteiger partial charge in [0.15, 0.2) is 9.84 Å². The minimum Gasteiger partial charge on any atom is -0.468 e. The number of halogens is 1. The van der Waals surface area contributed by atoms with Gasteiger partial charge in [0.05, 0.1) is 16.4 Å². The van der Waals surface area contributed by atoms with Crippen molar-refractivity contribution in [3.63, 3.8) is 0 Å². The van der Waals surface area contributed by atoms with Gasteiger partial charge in [0.25, 0.3) is 0 Å². The molecule has 0 saturated carbocycles. The summed E-state index contributed by atoms with van der Waals surface area (Å²) in [5.41, 5.74) is 1.77. The maximum absolute atomic E-state index is 13.0. The van der Waals surface area contributed by atoms with Crippen LogP contribution in [0.3, 0.4) is 0 Å². The van der Waals surface area contributed by atoms with E-state index in [0.29, 0.717) is 10.8 Å². The molecule has 2 aromatic carbocycles. The maximum atomic E-state index is 13.0. The average Bonchev–Trinajstić information content (AvgIpc) is 3.26. The number of furan rings is 1. The van der Waals surface area contributed by atoms with Crippen molar-refractivity contribution in [2.45, 2.75) is 28.7 Å². The summed E-state index contributed by atoms with van der Waals surface area (Å²) in [5, 5.41) is 0.0355. The summed E-state index contributed by atoms with van der Waals surface area (Å²) in [6, 6.07) is 17.3. The molecular weight excluding hydrogens is 458 g/mol. The van der Waals surface area contributed by atoms with E-state index in [4.69, 9.17) is 16.0 Å². The summed E-state index contributed by atoms with van der Waals surface area (Å²) < 4.78 is 57.9.